The summed E-state index contributed by atoms with van der Waals surface area (Å²) in [5.41, 5.74) is 5.47. The summed E-state index contributed by atoms with van der Waals surface area (Å²) in [5.74, 6) is -0.614. The Kier molecular flexibility index (Phi) is 4.15. The largest absolute Gasteiger partial charge is 0.462 e. The van der Waals surface area contributed by atoms with Gasteiger partial charge in [-0.15, -0.1) is 0 Å². The summed E-state index contributed by atoms with van der Waals surface area (Å²) < 4.78 is 10.1. The molecule has 2 aromatic carbocycles. The number of carbonyl (C=O) groups excluding carboxylic acids is 2. The number of hydrogen-bond donors (Lipinski definition) is 0. The predicted molar refractivity (Wildman–Crippen MR) is 86.6 cm³/mol. The first-order chi connectivity index (χ1) is 11.1. The van der Waals surface area contributed by atoms with E-state index in [0.717, 1.165) is 22.3 Å². The predicted octanol–water partition coefficient (Wildman–Crippen LogP) is 3.61. The Labute approximate surface area is 135 Å². The summed E-state index contributed by atoms with van der Waals surface area (Å²) in [7, 11) is 0. The maximum Gasteiger partial charge on any atom is 0.338 e. The summed E-state index contributed by atoms with van der Waals surface area (Å²) in [6.07, 6.45) is 0.700. The lowest BCUT2D eigenvalue weighted by Crippen LogP contribution is -2.05. The summed E-state index contributed by atoms with van der Waals surface area (Å²) in [4.78, 5) is 23.7. The highest BCUT2D eigenvalue weighted by Gasteiger charge is 2.21. The number of ether oxygens (including phenoxy) is 2. The minimum absolute atomic E-state index is 0.307. The van der Waals surface area contributed by atoms with Crippen LogP contribution in [0.3, 0.4) is 0 Å². The lowest BCUT2D eigenvalue weighted by molar-refractivity contribution is 0.0517. The fourth-order valence-electron chi connectivity index (χ4n) is 2.89. The third kappa shape index (κ3) is 2.84. The number of esters is 2. The molecule has 1 aliphatic carbocycles. The number of carbonyl (C=O) groups is 2. The fraction of sp³-hybridized carbons (Fsp3) is 0.263. The zero-order valence-electron chi connectivity index (χ0n) is 13.2. The quantitative estimate of drug-likeness (QED) is 0.691. The van der Waals surface area contributed by atoms with Crippen molar-refractivity contribution in [2.24, 2.45) is 0 Å². The lowest BCUT2D eigenvalue weighted by atomic mass is 10.0. The van der Waals surface area contributed by atoms with Gasteiger partial charge in [-0.2, -0.15) is 0 Å². The summed E-state index contributed by atoms with van der Waals surface area (Å²) in [5, 5.41) is 0. The van der Waals surface area contributed by atoms with Crippen LogP contribution in [0, 0.1) is 0 Å². The molecule has 0 atom stereocenters. The number of fused-ring (bicyclic) bond motifs is 3. The van der Waals surface area contributed by atoms with Gasteiger partial charge in [0.05, 0.1) is 24.3 Å². The van der Waals surface area contributed by atoms with Crippen molar-refractivity contribution >= 4 is 11.9 Å². The molecule has 0 N–H and O–H groups in total. The van der Waals surface area contributed by atoms with E-state index in [1.54, 1.807) is 26.0 Å². The highest BCUT2D eigenvalue weighted by atomic mass is 16.5. The number of hydrogen-bond acceptors (Lipinski definition) is 4. The monoisotopic (exact) mass is 310 g/mol. The minimum Gasteiger partial charge on any atom is -0.462 e. The number of benzene rings is 2. The van der Waals surface area contributed by atoms with Crippen molar-refractivity contribution in [2.75, 3.05) is 13.2 Å². The number of rotatable bonds is 4. The highest BCUT2D eigenvalue weighted by Crippen LogP contribution is 2.37. The Hall–Kier alpha value is -2.62. The Balaban J connectivity index is 1.91. The summed E-state index contributed by atoms with van der Waals surface area (Å²) >= 11 is 0. The Bertz CT molecular complexity index is 711. The molecular weight excluding hydrogens is 292 g/mol. The van der Waals surface area contributed by atoms with Crippen molar-refractivity contribution in [1.29, 1.82) is 0 Å². The van der Waals surface area contributed by atoms with Gasteiger partial charge in [0.25, 0.3) is 0 Å². The smallest absolute Gasteiger partial charge is 0.338 e. The van der Waals surface area contributed by atoms with Crippen molar-refractivity contribution in [3.05, 3.63) is 58.7 Å². The SMILES string of the molecule is CCOC(=O)c1ccc2c(c1)Cc1cc(C(=O)OCC)ccc1-2. The second kappa shape index (κ2) is 6.24. The van der Waals surface area contributed by atoms with Crippen LogP contribution in [-0.2, 0) is 15.9 Å². The van der Waals surface area contributed by atoms with Crippen LogP contribution in [0.2, 0.25) is 0 Å². The second-order valence-corrected chi connectivity index (χ2v) is 5.36. The maximum atomic E-state index is 11.8. The van der Waals surface area contributed by atoms with E-state index in [-0.39, 0.29) is 11.9 Å². The van der Waals surface area contributed by atoms with Gasteiger partial charge < -0.3 is 9.47 Å². The zero-order chi connectivity index (χ0) is 16.4. The van der Waals surface area contributed by atoms with Crippen LogP contribution in [0.1, 0.15) is 45.7 Å². The molecule has 118 valence electrons. The topological polar surface area (TPSA) is 52.6 Å². The average molecular weight is 310 g/mol. The average Bonchev–Trinajstić information content (AvgIpc) is 2.91. The van der Waals surface area contributed by atoms with Crippen LogP contribution < -0.4 is 0 Å². The van der Waals surface area contributed by atoms with Crippen LogP contribution >= 0.6 is 0 Å². The van der Waals surface area contributed by atoms with Crippen molar-refractivity contribution < 1.29 is 19.1 Å². The third-order valence-electron chi connectivity index (χ3n) is 3.90. The van der Waals surface area contributed by atoms with E-state index in [1.807, 2.05) is 24.3 Å². The molecule has 0 spiro atoms. The van der Waals surface area contributed by atoms with Gasteiger partial charge in [-0.1, -0.05) is 12.1 Å². The minimum atomic E-state index is -0.307. The van der Waals surface area contributed by atoms with E-state index >= 15 is 0 Å². The van der Waals surface area contributed by atoms with E-state index in [4.69, 9.17) is 9.47 Å². The van der Waals surface area contributed by atoms with Gasteiger partial charge in [-0.05, 0) is 66.8 Å². The van der Waals surface area contributed by atoms with Gasteiger partial charge in [0, 0.05) is 0 Å². The molecule has 0 saturated heterocycles. The van der Waals surface area contributed by atoms with Crippen molar-refractivity contribution in [3.8, 4) is 11.1 Å². The van der Waals surface area contributed by atoms with Gasteiger partial charge in [-0.3, -0.25) is 0 Å². The summed E-state index contributed by atoms with van der Waals surface area (Å²) in [6.45, 7) is 4.30. The van der Waals surface area contributed by atoms with Gasteiger partial charge in [-0.25, -0.2) is 9.59 Å². The Morgan fingerprint density at radius 2 is 1.26 bits per heavy atom. The molecule has 0 amide bonds. The molecule has 0 saturated carbocycles. The maximum absolute atomic E-state index is 11.8. The Morgan fingerprint density at radius 3 is 1.65 bits per heavy atom. The fourth-order valence-corrected chi connectivity index (χ4v) is 2.89. The van der Waals surface area contributed by atoms with E-state index in [0.29, 0.717) is 30.8 Å². The van der Waals surface area contributed by atoms with Crippen LogP contribution in [-0.4, -0.2) is 25.2 Å². The zero-order valence-corrected chi connectivity index (χ0v) is 13.2. The molecule has 0 fully saturated rings. The van der Waals surface area contributed by atoms with Crippen LogP contribution in [0.25, 0.3) is 11.1 Å². The first kappa shape index (κ1) is 15.3. The van der Waals surface area contributed by atoms with Crippen molar-refractivity contribution in [1.82, 2.24) is 0 Å². The van der Waals surface area contributed by atoms with Crippen LogP contribution in [0.4, 0.5) is 0 Å². The first-order valence-corrected chi connectivity index (χ1v) is 7.74. The Morgan fingerprint density at radius 1 is 0.826 bits per heavy atom. The molecule has 0 aliphatic heterocycles. The second-order valence-electron chi connectivity index (χ2n) is 5.36. The third-order valence-corrected chi connectivity index (χ3v) is 3.90. The standard InChI is InChI=1S/C19H18O4/c1-3-22-18(20)12-5-7-16-14(9-12)11-15-10-13(6-8-17(15)16)19(21)23-4-2/h5-10H,3-4,11H2,1-2H3. The van der Waals surface area contributed by atoms with E-state index in [1.165, 1.54) is 0 Å². The van der Waals surface area contributed by atoms with Crippen LogP contribution in [0.15, 0.2) is 36.4 Å². The lowest BCUT2D eigenvalue weighted by Gasteiger charge is -2.05. The molecule has 1 aliphatic rings. The molecular formula is C19H18O4. The molecule has 0 heterocycles. The molecule has 3 rings (SSSR count). The molecule has 0 unspecified atom stereocenters. The van der Waals surface area contributed by atoms with E-state index in [2.05, 4.69) is 0 Å². The summed E-state index contributed by atoms with van der Waals surface area (Å²) in [6, 6.07) is 11.2. The molecule has 4 heteroatoms. The van der Waals surface area contributed by atoms with Gasteiger partial charge in [0.1, 0.15) is 0 Å². The van der Waals surface area contributed by atoms with Crippen LogP contribution in [0.5, 0.6) is 0 Å². The highest BCUT2D eigenvalue weighted by molar-refractivity contribution is 5.93. The molecule has 0 aromatic heterocycles. The van der Waals surface area contributed by atoms with Gasteiger partial charge >= 0.3 is 11.9 Å². The van der Waals surface area contributed by atoms with Gasteiger partial charge in [0.2, 0.25) is 0 Å². The molecule has 2 aromatic rings. The van der Waals surface area contributed by atoms with Crippen molar-refractivity contribution in [2.45, 2.75) is 20.3 Å². The van der Waals surface area contributed by atoms with Gasteiger partial charge in [0.15, 0.2) is 0 Å². The van der Waals surface area contributed by atoms with E-state index < -0.39 is 0 Å². The molecule has 23 heavy (non-hydrogen) atoms. The molecule has 4 nitrogen and oxygen atoms in total. The first-order valence-electron chi connectivity index (χ1n) is 7.74. The molecule has 0 bridgehead atoms. The normalized spacial score (nSPS) is 11.6. The molecule has 0 radical (unpaired) electrons. The van der Waals surface area contributed by atoms with E-state index in [9.17, 15) is 9.59 Å². The van der Waals surface area contributed by atoms with Crippen molar-refractivity contribution in [3.63, 3.8) is 0 Å².